The predicted molar refractivity (Wildman–Crippen MR) is 61.7 cm³/mol. The first-order valence-corrected chi connectivity index (χ1v) is 5.98. The summed E-state index contributed by atoms with van der Waals surface area (Å²) in [6, 6.07) is 1.92. The van der Waals surface area contributed by atoms with E-state index in [2.05, 4.69) is 14.7 Å². The Labute approximate surface area is 95.2 Å². The van der Waals surface area contributed by atoms with Crippen molar-refractivity contribution in [2.45, 2.75) is 13.8 Å². The van der Waals surface area contributed by atoms with Crippen LogP contribution in [0.2, 0.25) is 0 Å². The summed E-state index contributed by atoms with van der Waals surface area (Å²) in [5, 5.41) is 5.17. The Morgan fingerprint density at radius 2 is 2.27 bits per heavy atom. The van der Waals surface area contributed by atoms with E-state index in [1.165, 1.54) is 22.9 Å². The first kappa shape index (κ1) is 10.3. The average Bonchev–Trinajstić information content (AvgIpc) is 2.75. The second-order valence-electron chi connectivity index (χ2n) is 3.03. The number of hydrogen-bond acceptors (Lipinski definition) is 5. The van der Waals surface area contributed by atoms with Crippen LogP contribution in [0.25, 0.3) is 0 Å². The van der Waals surface area contributed by atoms with Gasteiger partial charge in [-0.25, -0.2) is 4.98 Å². The first-order valence-electron chi connectivity index (χ1n) is 4.32. The van der Waals surface area contributed by atoms with Gasteiger partial charge in [0, 0.05) is 11.5 Å². The molecular formula is C9H9N3OS2. The van der Waals surface area contributed by atoms with Gasteiger partial charge in [0.1, 0.15) is 5.82 Å². The highest BCUT2D eigenvalue weighted by Gasteiger charge is 2.12. The number of aromatic nitrogens is 2. The lowest BCUT2D eigenvalue weighted by Crippen LogP contribution is -2.10. The lowest BCUT2D eigenvalue weighted by Gasteiger charge is -1.98. The summed E-state index contributed by atoms with van der Waals surface area (Å²) in [5.41, 5.74) is 0.985. The van der Waals surface area contributed by atoms with Crippen molar-refractivity contribution in [3.05, 3.63) is 27.7 Å². The van der Waals surface area contributed by atoms with Gasteiger partial charge in [-0.3, -0.25) is 10.1 Å². The van der Waals surface area contributed by atoms with E-state index in [1.54, 1.807) is 6.92 Å². The molecule has 0 atom stereocenters. The molecule has 6 heteroatoms. The normalized spacial score (nSPS) is 10.3. The molecule has 78 valence electrons. The molecule has 1 N–H and O–H groups in total. The van der Waals surface area contributed by atoms with E-state index in [4.69, 9.17) is 0 Å². The van der Waals surface area contributed by atoms with Crippen LogP contribution in [0.1, 0.15) is 21.1 Å². The van der Waals surface area contributed by atoms with Crippen LogP contribution >= 0.6 is 22.9 Å². The third kappa shape index (κ3) is 2.21. The van der Waals surface area contributed by atoms with Crippen LogP contribution in [-0.4, -0.2) is 15.3 Å². The van der Waals surface area contributed by atoms with E-state index < -0.39 is 0 Å². The van der Waals surface area contributed by atoms with Crippen molar-refractivity contribution in [3.8, 4) is 0 Å². The summed E-state index contributed by atoms with van der Waals surface area (Å²) < 4.78 is 3.99. The predicted octanol–water partition coefficient (Wildman–Crippen LogP) is 2.47. The van der Waals surface area contributed by atoms with Crippen LogP contribution in [0, 0.1) is 13.8 Å². The van der Waals surface area contributed by atoms with Crippen LogP contribution in [0.3, 0.4) is 0 Å². The maximum absolute atomic E-state index is 11.7. The minimum absolute atomic E-state index is 0.112. The Morgan fingerprint density at radius 1 is 1.47 bits per heavy atom. The van der Waals surface area contributed by atoms with Crippen LogP contribution < -0.4 is 5.32 Å². The van der Waals surface area contributed by atoms with E-state index >= 15 is 0 Å². The Balaban J connectivity index is 2.14. The molecular weight excluding hydrogens is 230 g/mol. The third-order valence-corrected chi connectivity index (χ3v) is 3.55. The molecule has 2 aromatic heterocycles. The van der Waals surface area contributed by atoms with Crippen molar-refractivity contribution in [3.63, 3.8) is 0 Å². The molecule has 0 radical (unpaired) electrons. The maximum Gasteiger partial charge on any atom is 0.267 e. The van der Waals surface area contributed by atoms with E-state index in [1.807, 2.05) is 18.4 Å². The number of thiophene rings is 1. The molecule has 0 fully saturated rings. The highest BCUT2D eigenvalue weighted by molar-refractivity contribution is 7.12. The molecule has 0 aliphatic heterocycles. The van der Waals surface area contributed by atoms with E-state index in [0.29, 0.717) is 11.0 Å². The molecule has 2 rings (SSSR count). The molecule has 0 aromatic carbocycles. The standard InChI is InChI=1S/C9H9N3OS2/c1-5-3-4-14-7(5)8(13)11-9-10-6(2)12-15-9/h3-4H,1-2H3,(H,10,11,12,13). The van der Waals surface area contributed by atoms with E-state index in [-0.39, 0.29) is 5.91 Å². The minimum atomic E-state index is -0.112. The number of carbonyl (C=O) groups excluding carboxylic acids is 1. The van der Waals surface area contributed by atoms with Crippen LogP contribution in [0.5, 0.6) is 0 Å². The van der Waals surface area contributed by atoms with Crippen molar-refractivity contribution < 1.29 is 4.79 Å². The van der Waals surface area contributed by atoms with Crippen molar-refractivity contribution in [2.24, 2.45) is 0 Å². The van der Waals surface area contributed by atoms with Crippen molar-refractivity contribution in [1.29, 1.82) is 0 Å². The number of nitrogens with zero attached hydrogens (tertiary/aromatic N) is 2. The topological polar surface area (TPSA) is 54.9 Å². The average molecular weight is 239 g/mol. The largest absolute Gasteiger partial charge is 0.296 e. The van der Waals surface area contributed by atoms with Gasteiger partial charge in [0.05, 0.1) is 4.88 Å². The molecule has 4 nitrogen and oxygen atoms in total. The second-order valence-corrected chi connectivity index (χ2v) is 4.70. The molecule has 0 spiro atoms. The molecule has 2 heterocycles. The van der Waals surface area contributed by atoms with Crippen molar-refractivity contribution in [1.82, 2.24) is 9.36 Å². The van der Waals surface area contributed by atoms with Crippen LogP contribution in [0.4, 0.5) is 5.13 Å². The molecule has 1 amide bonds. The molecule has 0 aliphatic carbocycles. The maximum atomic E-state index is 11.7. The van der Waals surface area contributed by atoms with Gasteiger partial charge in [-0.15, -0.1) is 11.3 Å². The van der Waals surface area contributed by atoms with Crippen LogP contribution in [-0.2, 0) is 0 Å². The highest BCUT2D eigenvalue weighted by atomic mass is 32.1. The number of nitrogens with one attached hydrogen (secondary N) is 1. The molecule has 0 aliphatic rings. The number of hydrogen-bond donors (Lipinski definition) is 1. The minimum Gasteiger partial charge on any atom is -0.296 e. The van der Waals surface area contributed by atoms with Gasteiger partial charge in [0.2, 0.25) is 5.13 Å². The molecule has 0 saturated heterocycles. The Bertz CT molecular complexity index is 489. The first-order chi connectivity index (χ1) is 7.16. The van der Waals surface area contributed by atoms with E-state index in [0.717, 1.165) is 10.4 Å². The molecule has 0 bridgehead atoms. The van der Waals surface area contributed by atoms with Gasteiger partial charge in [0.15, 0.2) is 0 Å². The summed E-state index contributed by atoms with van der Waals surface area (Å²) in [4.78, 5) is 16.5. The van der Waals surface area contributed by atoms with Crippen LogP contribution in [0.15, 0.2) is 11.4 Å². The van der Waals surface area contributed by atoms with Gasteiger partial charge >= 0.3 is 0 Å². The van der Waals surface area contributed by atoms with Gasteiger partial charge in [-0.05, 0) is 30.9 Å². The zero-order valence-corrected chi connectivity index (χ0v) is 9.91. The third-order valence-electron chi connectivity index (χ3n) is 1.82. The Morgan fingerprint density at radius 3 is 2.80 bits per heavy atom. The van der Waals surface area contributed by atoms with E-state index in [9.17, 15) is 4.79 Å². The summed E-state index contributed by atoms with van der Waals surface area (Å²) in [7, 11) is 0. The quantitative estimate of drug-likeness (QED) is 0.875. The lowest BCUT2D eigenvalue weighted by atomic mass is 10.3. The molecule has 0 unspecified atom stereocenters. The fraction of sp³-hybridized carbons (Fsp3) is 0.222. The Kier molecular flexibility index (Phi) is 2.79. The second kappa shape index (κ2) is 4.08. The lowest BCUT2D eigenvalue weighted by molar-refractivity contribution is 0.103. The van der Waals surface area contributed by atoms with Gasteiger partial charge < -0.3 is 0 Å². The summed E-state index contributed by atoms with van der Waals surface area (Å²) >= 11 is 2.62. The SMILES string of the molecule is Cc1nsc(NC(=O)c2sccc2C)n1. The zero-order valence-electron chi connectivity index (χ0n) is 8.27. The Hall–Kier alpha value is -1.27. The summed E-state index contributed by atoms with van der Waals surface area (Å²) in [5.74, 6) is 0.567. The number of aryl methyl sites for hydroxylation is 2. The van der Waals surface area contributed by atoms with Crippen molar-refractivity contribution >= 4 is 33.9 Å². The monoisotopic (exact) mass is 239 g/mol. The van der Waals surface area contributed by atoms with Gasteiger partial charge in [-0.2, -0.15) is 4.37 Å². The van der Waals surface area contributed by atoms with Gasteiger partial charge in [-0.1, -0.05) is 0 Å². The number of anilines is 1. The smallest absolute Gasteiger partial charge is 0.267 e. The summed E-state index contributed by atoms with van der Waals surface area (Å²) in [6.07, 6.45) is 0. The highest BCUT2D eigenvalue weighted by Crippen LogP contribution is 2.18. The fourth-order valence-electron chi connectivity index (χ4n) is 1.11. The number of amides is 1. The fourth-order valence-corrected chi connectivity index (χ4v) is 2.50. The van der Waals surface area contributed by atoms with Gasteiger partial charge in [0.25, 0.3) is 5.91 Å². The molecule has 0 saturated carbocycles. The molecule has 15 heavy (non-hydrogen) atoms. The summed E-state index contributed by atoms with van der Waals surface area (Å²) in [6.45, 7) is 3.71. The number of carbonyl (C=O) groups is 1. The van der Waals surface area contributed by atoms with Crippen molar-refractivity contribution in [2.75, 3.05) is 5.32 Å². The number of rotatable bonds is 2. The zero-order chi connectivity index (χ0) is 10.8. The molecule has 2 aromatic rings.